The first kappa shape index (κ1) is 11.5. The maximum absolute atomic E-state index is 12.8. The maximum atomic E-state index is 12.8. The van der Waals surface area contributed by atoms with Gasteiger partial charge in [-0.2, -0.15) is 0 Å². The topological polar surface area (TPSA) is 55.4 Å². The highest BCUT2D eigenvalue weighted by Gasteiger charge is 2.09. The molecule has 5 heteroatoms. The van der Waals surface area contributed by atoms with Gasteiger partial charge in [0.1, 0.15) is 11.5 Å². The van der Waals surface area contributed by atoms with Gasteiger partial charge in [0.15, 0.2) is 0 Å². The number of rotatable bonds is 2. The lowest BCUT2D eigenvalue weighted by molar-refractivity contribution is 0.628. The lowest BCUT2D eigenvalue weighted by Crippen LogP contribution is -1.88. The molecule has 0 heterocycles. The van der Waals surface area contributed by atoms with E-state index in [1.807, 2.05) is 0 Å². The van der Waals surface area contributed by atoms with Crippen molar-refractivity contribution in [2.24, 2.45) is 5.18 Å². The van der Waals surface area contributed by atoms with Gasteiger partial charge >= 0.3 is 0 Å². The molecule has 0 bridgehead atoms. The Morgan fingerprint density at radius 3 is 2.41 bits per heavy atom. The SMILES string of the molecule is Nc1cc(Cl)c(-c2ccc(F)cc2)cc1N=O. The van der Waals surface area contributed by atoms with E-state index in [0.29, 0.717) is 16.1 Å². The Kier molecular flexibility index (Phi) is 3.06. The van der Waals surface area contributed by atoms with Crippen LogP contribution in [0.1, 0.15) is 0 Å². The van der Waals surface area contributed by atoms with Crippen LogP contribution in [0.15, 0.2) is 41.6 Å². The molecule has 0 fully saturated rings. The average Bonchev–Trinajstić information content (AvgIpc) is 2.31. The summed E-state index contributed by atoms with van der Waals surface area (Å²) < 4.78 is 12.8. The first-order valence-corrected chi connectivity index (χ1v) is 5.18. The fraction of sp³-hybridized carbons (Fsp3) is 0. The first-order chi connectivity index (χ1) is 8.11. The third-order valence-electron chi connectivity index (χ3n) is 2.37. The zero-order valence-electron chi connectivity index (χ0n) is 8.65. The molecular weight excluding hydrogens is 243 g/mol. The second-order valence-corrected chi connectivity index (χ2v) is 3.90. The summed E-state index contributed by atoms with van der Waals surface area (Å²) in [6.45, 7) is 0. The van der Waals surface area contributed by atoms with Gasteiger partial charge in [-0.05, 0) is 35.0 Å². The van der Waals surface area contributed by atoms with Crippen LogP contribution in [0.5, 0.6) is 0 Å². The maximum Gasteiger partial charge on any atom is 0.131 e. The van der Waals surface area contributed by atoms with Gasteiger partial charge in [0.25, 0.3) is 0 Å². The lowest BCUT2D eigenvalue weighted by atomic mass is 10.0. The molecule has 0 saturated carbocycles. The molecule has 0 spiro atoms. The van der Waals surface area contributed by atoms with Gasteiger partial charge in [0.05, 0.1) is 10.7 Å². The number of hydrogen-bond acceptors (Lipinski definition) is 3. The van der Waals surface area contributed by atoms with Crippen LogP contribution in [-0.2, 0) is 0 Å². The van der Waals surface area contributed by atoms with Crippen molar-refractivity contribution in [2.45, 2.75) is 0 Å². The lowest BCUT2D eigenvalue weighted by Gasteiger charge is -2.07. The molecule has 2 rings (SSSR count). The quantitative estimate of drug-likeness (QED) is 0.644. The predicted octanol–water partition coefficient (Wildman–Crippen LogP) is 4.13. The summed E-state index contributed by atoms with van der Waals surface area (Å²) in [6, 6.07) is 8.71. The molecule has 0 radical (unpaired) electrons. The van der Waals surface area contributed by atoms with Gasteiger partial charge in [-0.25, -0.2) is 4.39 Å². The van der Waals surface area contributed by atoms with Gasteiger partial charge in [-0.3, -0.25) is 0 Å². The van der Waals surface area contributed by atoms with Gasteiger partial charge in [-0.1, -0.05) is 23.7 Å². The number of nitrogen functional groups attached to an aromatic ring is 1. The molecule has 3 nitrogen and oxygen atoms in total. The highest BCUT2D eigenvalue weighted by molar-refractivity contribution is 6.33. The Hall–Kier alpha value is -1.94. The van der Waals surface area contributed by atoms with E-state index in [1.165, 1.54) is 24.3 Å². The summed E-state index contributed by atoms with van der Waals surface area (Å²) in [7, 11) is 0. The monoisotopic (exact) mass is 250 g/mol. The number of benzene rings is 2. The van der Waals surface area contributed by atoms with E-state index in [-0.39, 0.29) is 17.2 Å². The Labute approximate surface area is 102 Å². The molecule has 2 N–H and O–H groups in total. The van der Waals surface area contributed by atoms with Crippen LogP contribution in [0.3, 0.4) is 0 Å². The van der Waals surface area contributed by atoms with E-state index in [2.05, 4.69) is 5.18 Å². The van der Waals surface area contributed by atoms with E-state index in [9.17, 15) is 9.30 Å². The number of halogens is 2. The van der Waals surface area contributed by atoms with E-state index < -0.39 is 0 Å². The summed E-state index contributed by atoms with van der Waals surface area (Å²) in [5.74, 6) is -0.339. The van der Waals surface area contributed by atoms with E-state index in [4.69, 9.17) is 17.3 Å². The molecule has 0 aromatic heterocycles. The van der Waals surface area contributed by atoms with Crippen molar-refractivity contribution in [2.75, 3.05) is 5.73 Å². The first-order valence-electron chi connectivity index (χ1n) is 4.80. The predicted molar refractivity (Wildman–Crippen MR) is 66.7 cm³/mol. The highest BCUT2D eigenvalue weighted by Crippen LogP contribution is 2.35. The fourth-order valence-electron chi connectivity index (χ4n) is 1.51. The molecule has 0 aliphatic carbocycles. The normalized spacial score (nSPS) is 10.2. The van der Waals surface area contributed by atoms with Crippen LogP contribution in [0, 0.1) is 10.7 Å². The minimum atomic E-state index is -0.339. The minimum Gasteiger partial charge on any atom is -0.397 e. The molecule has 0 atom stereocenters. The van der Waals surface area contributed by atoms with Crippen molar-refractivity contribution in [3.8, 4) is 11.1 Å². The van der Waals surface area contributed by atoms with E-state index in [0.717, 1.165) is 0 Å². The third kappa shape index (κ3) is 2.26. The Morgan fingerprint density at radius 2 is 1.82 bits per heavy atom. The van der Waals surface area contributed by atoms with Crippen LogP contribution < -0.4 is 5.73 Å². The van der Waals surface area contributed by atoms with Crippen molar-refractivity contribution in [1.29, 1.82) is 0 Å². The largest absolute Gasteiger partial charge is 0.397 e. The van der Waals surface area contributed by atoms with Crippen molar-refractivity contribution in [1.82, 2.24) is 0 Å². The third-order valence-corrected chi connectivity index (χ3v) is 2.68. The van der Waals surface area contributed by atoms with Crippen molar-refractivity contribution in [3.05, 3.63) is 52.1 Å². The molecular formula is C12H8ClFN2O. The van der Waals surface area contributed by atoms with Crippen LogP contribution in [0.25, 0.3) is 11.1 Å². The summed E-state index contributed by atoms with van der Waals surface area (Å²) in [5, 5.41) is 3.20. The van der Waals surface area contributed by atoms with Crippen molar-refractivity contribution < 1.29 is 4.39 Å². The molecule has 0 saturated heterocycles. The Bertz CT molecular complexity index is 569. The summed E-state index contributed by atoms with van der Waals surface area (Å²) in [5.41, 5.74) is 7.19. The second-order valence-electron chi connectivity index (χ2n) is 3.49. The molecule has 0 unspecified atom stereocenters. The summed E-state index contributed by atoms with van der Waals surface area (Å²) in [6.07, 6.45) is 0. The Balaban J connectivity index is 2.58. The molecule has 17 heavy (non-hydrogen) atoms. The second kappa shape index (κ2) is 4.51. The zero-order valence-corrected chi connectivity index (χ0v) is 9.41. The Morgan fingerprint density at radius 1 is 1.18 bits per heavy atom. The number of nitroso groups, excluding NO2 is 1. The zero-order chi connectivity index (χ0) is 12.4. The van der Waals surface area contributed by atoms with Crippen LogP contribution in [0.2, 0.25) is 5.02 Å². The average molecular weight is 251 g/mol. The number of nitrogens with zero attached hydrogens (tertiary/aromatic N) is 1. The van der Waals surface area contributed by atoms with Crippen LogP contribution in [0.4, 0.5) is 15.8 Å². The van der Waals surface area contributed by atoms with Crippen LogP contribution >= 0.6 is 11.6 Å². The summed E-state index contributed by atoms with van der Waals surface area (Å²) in [4.78, 5) is 10.5. The van der Waals surface area contributed by atoms with Crippen LogP contribution in [-0.4, -0.2) is 0 Å². The van der Waals surface area contributed by atoms with E-state index in [1.54, 1.807) is 12.1 Å². The van der Waals surface area contributed by atoms with Gasteiger partial charge in [0, 0.05) is 5.56 Å². The standard InChI is InChI=1S/C12H8ClFN2O/c13-10-6-11(15)12(16-17)5-9(10)7-1-3-8(14)4-2-7/h1-6H,15H2. The highest BCUT2D eigenvalue weighted by atomic mass is 35.5. The van der Waals surface area contributed by atoms with Gasteiger partial charge in [-0.15, -0.1) is 4.91 Å². The number of anilines is 1. The minimum absolute atomic E-state index is 0.119. The molecule has 0 aliphatic heterocycles. The van der Waals surface area contributed by atoms with Gasteiger partial charge in [0.2, 0.25) is 0 Å². The fourth-order valence-corrected chi connectivity index (χ4v) is 1.79. The summed E-state index contributed by atoms with van der Waals surface area (Å²) >= 11 is 6.02. The molecule has 0 aliphatic rings. The molecule has 2 aromatic carbocycles. The van der Waals surface area contributed by atoms with Crippen molar-refractivity contribution >= 4 is 23.0 Å². The van der Waals surface area contributed by atoms with Crippen molar-refractivity contribution in [3.63, 3.8) is 0 Å². The molecule has 0 amide bonds. The molecule has 2 aromatic rings. The molecule has 86 valence electrons. The number of hydrogen-bond donors (Lipinski definition) is 1. The van der Waals surface area contributed by atoms with Gasteiger partial charge < -0.3 is 5.73 Å². The smallest absolute Gasteiger partial charge is 0.131 e. The van der Waals surface area contributed by atoms with E-state index >= 15 is 0 Å². The number of nitrogens with two attached hydrogens (primary N) is 1.